The van der Waals surface area contributed by atoms with Gasteiger partial charge in [0.2, 0.25) is 0 Å². The molecule has 0 spiro atoms. The molecule has 3 atom stereocenters. The van der Waals surface area contributed by atoms with E-state index in [-0.39, 0.29) is 5.76 Å². The zero-order chi connectivity index (χ0) is 13.8. The van der Waals surface area contributed by atoms with Gasteiger partial charge in [-0.15, -0.1) is 0 Å². The Morgan fingerprint density at radius 2 is 2.21 bits per heavy atom. The van der Waals surface area contributed by atoms with Gasteiger partial charge in [-0.1, -0.05) is 13.8 Å². The number of carbonyl (C=O) groups excluding carboxylic acids is 1. The molecule has 3 N–H and O–H groups in total. The van der Waals surface area contributed by atoms with Gasteiger partial charge in [-0.25, -0.2) is 5.84 Å². The molecule has 5 heteroatoms. The molecule has 0 saturated heterocycles. The molecule has 106 valence electrons. The Kier molecular flexibility index (Phi) is 4.61. The Balaban J connectivity index is 1.82. The number of hydrazine groups is 1. The van der Waals surface area contributed by atoms with Crippen molar-refractivity contribution in [3.63, 3.8) is 0 Å². The predicted octanol–water partition coefficient (Wildman–Crippen LogP) is 2.22. The van der Waals surface area contributed by atoms with E-state index in [0.717, 1.165) is 18.8 Å². The topological polar surface area (TPSA) is 77.5 Å². The molecule has 1 heterocycles. The lowest BCUT2D eigenvalue weighted by atomic mass is 9.80. The fourth-order valence-electron chi connectivity index (χ4n) is 2.50. The van der Waals surface area contributed by atoms with E-state index in [1.807, 2.05) is 5.43 Å². The second-order valence-corrected chi connectivity index (χ2v) is 5.44. The molecule has 0 aromatic carbocycles. The van der Waals surface area contributed by atoms with Crippen LogP contribution in [0, 0.1) is 11.8 Å². The van der Waals surface area contributed by atoms with Crippen molar-refractivity contribution in [2.45, 2.75) is 45.8 Å². The van der Waals surface area contributed by atoms with E-state index in [2.05, 4.69) is 13.8 Å². The van der Waals surface area contributed by atoms with Gasteiger partial charge in [0, 0.05) is 0 Å². The number of nitrogens with one attached hydrogen (secondary N) is 1. The van der Waals surface area contributed by atoms with Crippen LogP contribution in [0.4, 0.5) is 0 Å². The van der Waals surface area contributed by atoms with Gasteiger partial charge >= 0.3 is 5.91 Å². The van der Waals surface area contributed by atoms with Crippen molar-refractivity contribution in [1.29, 1.82) is 0 Å². The van der Waals surface area contributed by atoms with Crippen molar-refractivity contribution in [1.82, 2.24) is 5.43 Å². The molecule has 1 aromatic rings. The second-order valence-electron chi connectivity index (χ2n) is 5.44. The third kappa shape index (κ3) is 3.58. The minimum absolute atomic E-state index is 0.215. The average molecular weight is 266 g/mol. The van der Waals surface area contributed by atoms with Crippen LogP contribution in [-0.4, -0.2) is 12.0 Å². The first-order valence-electron chi connectivity index (χ1n) is 6.81. The number of carbonyl (C=O) groups is 1. The van der Waals surface area contributed by atoms with E-state index in [1.54, 1.807) is 12.1 Å². The molecule has 1 amide bonds. The monoisotopic (exact) mass is 266 g/mol. The molecule has 1 aliphatic carbocycles. The van der Waals surface area contributed by atoms with Crippen LogP contribution in [0.25, 0.3) is 0 Å². The Morgan fingerprint density at radius 3 is 2.89 bits per heavy atom. The minimum atomic E-state index is -0.425. The van der Waals surface area contributed by atoms with Gasteiger partial charge < -0.3 is 9.15 Å². The maximum atomic E-state index is 11.2. The minimum Gasteiger partial charge on any atom is -0.453 e. The molecular formula is C14H22N2O3. The summed E-state index contributed by atoms with van der Waals surface area (Å²) < 4.78 is 11.2. The average Bonchev–Trinajstić information content (AvgIpc) is 2.88. The molecule has 1 aromatic heterocycles. The Bertz CT molecular complexity index is 430. The van der Waals surface area contributed by atoms with Gasteiger partial charge in [-0.05, 0) is 43.2 Å². The molecule has 0 aliphatic heterocycles. The number of hydrogen-bond acceptors (Lipinski definition) is 4. The van der Waals surface area contributed by atoms with Crippen LogP contribution in [0.1, 0.15) is 49.4 Å². The lowest BCUT2D eigenvalue weighted by Crippen LogP contribution is -2.29. The lowest BCUT2D eigenvalue weighted by molar-refractivity contribution is -0.0141. The first-order chi connectivity index (χ1) is 9.10. The third-order valence-electron chi connectivity index (χ3n) is 4.03. The van der Waals surface area contributed by atoms with Gasteiger partial charge in [-0.2, -0.15) is 0 Å². The number of ether oxygens (including phenoxy) is 1. The molecule has 19 heavy (non-hydrogen) atoms. The van der Waals surface area contributed by atoms with Gasteiger partial charge in [0.1, 0.15) is 12.4 Å². The summed E-state index contributed by atoms with van der Waals surface area (Å²) >= 11 is 0. The van der Waals surface area contributed by atoms with E-state index in [1.165, 1.54) is 6.42 Å². The SMILES string of the molecule is CC1CCC(OCc2ccc(C(=O)NN)o2)CC1C. The standard InChI is InChI=1S/C14H22N2O3/c1-9-3-4-11(7-10(9)2)18-8-12-5-6-13(19-12)14(17)16-15/h5-6,9-11H,3-4,7-8,15H2,1-2H3,(H,16,17). The summed E-state index contributed by atoms with van der Waals surface area (Å²) in [6.07, 6.45) is 3.70. The van der Waals surface area contributed by atoms with Crippen LogP contribution < -0.4 is 11.3 Å². The second kappa shape index (κ2) is 6.21. The highest BCUT2D eigenvalue weighted by Gasteiger charge is 2.25. The van der Waals surface area contributed by atoms with Gasteiger partial charge in [0.15, 0.2) is 5.76 Å². The maximum absolute atomic E-state index is 11.2. The van der Waals surface area contributed by atoms with E-state index in [9.17, 15) is 4.79 Å². The maximum Gasteiger partial charge on any atom is 0.300 e. The first kappa shape index (κ1) is 14.1. The zero-order valence-corrected chi connectivity index (χ0v) is 11.5. The summed E-state index contributed by atoms with van der Waals surface area (Å²) in [5.74, 6) is 6.97. The predicted molar refractivity (Wildman–Crippen MR) is 71.1 cm³/mol. The van der Waals surface area contributed by atoms with Gasteiger partial charge in [0.05, 0.1) is 6.10 Å². The van der Waals surface area contributed by atoms with Crippen molar-refractivity contribution >= 4 is 5.91 Å². The van der Waals surface area contributed by atoms with Crippen molar-refractivity contribution in [3.8, 4) is 0 Å². The number of rotatable bonds is 4. The van der Waals surface area contributed by atoms with Crippen LogP contribution in [0.2, 0.25) is 0 Å². The Hall–Kier alpha value is -1.33. The van der Waals surface area contributed by atoms with Crippen LogP contribution >= 0.6 is 0 Å². The molecule has 5 nitrogen and oxygen atoms in total. The fourth-order valence-corrected chi connectivity index (χ4v) is 2.50. The summed E-state index contributed by atoms with van der Waals surface area (Å²) in [4.78, 5) is 11.2. The number of amides is 1. The zero-order valence-electron chi connectivity index (χ0n) is 11.5. The van der Waals surface area contributed by atoms with Crippen molar-refractivity contribution in [2.75, 3.05) is 0 Å². The summed E-state index contributed by atoms with van der Waals surface area (Å²) in [7, 11) is 0. The highest BCUT2D eigenvalue weighted by atomic mass is 16.5. The molecule has 1 fully saturated rings. The molecule has 3 unspecified atom stereocenters. The largest absolute Gasteiger partial charge is 0.453 e. The Morgan fingerprint density at radius 1 is 1.42 bits per heavy atom. The number of furan rings is 1. The normalized spacial score (nSPS) is 27.2. The molecule has 0 bridgehead atoms. The van der Waals surface area contributed by atoms with Crippen LogP contribution in [0.3, 0.4) is 0 Å². The fraction of sp³-hybridized carbons (Fsp3) is 0.643. The first-order valence-corrected chi connectivity index (χ1v) is 6.81. The van der Waals surface area contributed by atoms with Crippen molar-refractivity contribution < 1.29 is 13.9 Å². The van der Waals surface area contributed by atoms with E-state index >= 15 is 0 Å². The van der Waals surface area contributed by atoms with Gasteiger partial charge in [0.25, 0.3) is 0 Å². The summed E-state index contributed by atoms with van der Waals surface area (Å²) in [6.45, 7) is 4.98. The van der Waals surface area contributed by atoms with Crippen LogP contribution in [0.15, 0.2) is 16.5 Å². The van der Waals surface area contributed by atoms with Crippen LogP contribution in [-0.2, 0) is 11.3 Å². The van der Waals surface area contributed by atoms with Gasteiger partial charge in [-0.3, -0.25) is 10.2 Å². The summed E-state index contributed by atoms with van der Waals surface area (Å²) in [5.41, 5.74) is 2.04. The lowest BCUT2D eigenvalue weighted by Gasteiger charge is -2.31. The Labute approximate surface area is 113 Å². The van der Waals surface area contributed by atoms with E-state index < -0.39 is 5.91 Å². The molecule has 1 aliphatic rings. The van der Waals surface area contributed by atoms with E-state index in [0.29, 0.717) is 24.4 Å². The summed E-state index contributed by atoms with van der Waals surface area (Å²) in [5, 5.41) is 0. The molecular weight excluding hydrogens is 244 g/mol. The number of hydrogen-bond donors (Lipinski definition) is 2. The molecule has 1 saturated carbocycles. The number of nitrogens with two attached hydrogens (primary N) is 1. The molecule has 0 radical (unpaired) electrons. The quantitative estimate of drug-likeness (QED) is 0.497. The third-order valence-corrected chi connectivity index (χ3v) is 4.03. The smallest absolute Gasteiger partial charge is 0.300 e. The highest BCUT2D eigenvalue weighted by molar-refractivity contribution is 5.90. The molecule has 2 rings (SSSR count). The van der Waals surface area contributed by atoms with E-state index in [4.69, 9.17) is 15.0 Å². The number of nitrogen functional groups attached to an aromatic ring is 1. The summed E-state index contributed by atoms with van der Waals surface area (Å²) in [6, 6.07) is 3.35. The van der Waals surface area contributed by atoms with Crippen LogP contribution in [0.5, 0.6) is 0 Å². The van der Waals surface area contributed by atoms with Crippen molar-refractivity contribution in [2.24, 2.45) is 17.7 Å². The highest BCUT2D eigenvalue weighted by Crippen LogP contribution is 2.31. The van der Waals surface area contributed by atoms with Crippen molar-refractivity contribution in [3.05, 3.63) is 23.7 Å².